The molecule has 0 N–H and O–H groups in total. The average molecular weight is 569 g/mol. The van der Waals surface area contributed by atoms with Crippen LogP contribution in [0.4, 0.5) is 0 Å². The van der Waals surface area contributed by atoms with E-state index in [1.54, 1.807) is 33.7 Å². The van der Waals surface area contributed by atoms with Crippen molar-refractivity contribution in [3.63, 3.8) is 0 Å². The number of hydrogen-bond donors (Lipinski definition) is 0. The van der Waals surface area contributed by atoms with E-state index < -0.39 is 0 Å². The molecular weight excluding hydrogens is 532 g/mol. The molecule has 9 nitrogen and oxygen atoms in total. The Morgan fingerprint density at radius 1 is 0.952 bits per heavy atom. The summed E-state index contributed by atoms with van der Waals surface area (Å²) in [5.74, 6) is 1.54. The summed E-state index contributed by atoms with van der Waals surface area (Å²) in [6, 6.07) is 20.0. The zero-order valence-corrected chi connectivity index (χ0v) is 24.5. The second-order valence-corrected chi connectivity index (χ2v) is 10.8. The molecule has 0 spiro atoms. The number of hydrogen-bond acceptors (Lipinski definition) is 7. The Hall–Kier alpha value is -4.50. The molecule has 1 fully saturated rings. The van der Waals surface area contributed by atoms with Crippen LogP contribution in [0.25, 0.3) is 16.6 Å². The predicted octanol–water partition coefficient (Wildman–Crippen LogP) is 4.41. The van der Waals surface area contributed by atoms with Crippen molar-refractivity contribution < 1.29 is 19.1 Å². The molecular formula is C33H36N4O5. The molecule has 0 radical (unpaired) electrons. The van der Waals surface area contributed by atoms with Crippen molar-refractivity contribution in [1.82, 2.24) is 19.4 Å². The van der Waals surface area contributed by atoms with Gasteiger partial charge in [-0.1, -0.05) is 29.8 Å². The van der Waals surface area contributed by atoms with Crippen LogP contribution in [-0.4, -0.2) is 69.9 Å². The first-order valence-corrected chi connectivity index (χ1v) is 14.2. The van der Waals surface area contributed by atoms with Gasteiger partial charge in [0, 0.05) is 31.7 Å². The molecule has 1 saturated heterocycles. The number of para-hydroxylation sites is 1. The minimum absolute atomic E-state index is 0.0139. The van der Waals surface area contributed by atoms with Crippen molar-refractivity contribution in [1.29, 1.82) is 0 Å². The van der Waals surface area contributed by atoms with Gasteiger partial charge in [0.15, 0.2) is 12.4 Å². The van der Waals surface area contributed by atoms with Gasteiger partial charge in [-0.05, 0) is 70.2 Å². The third kappa shape index (κ3) is 6.52. The summed E-state index contributed by atoms with van der Waals surface area (Å²) in [5, 5.41) is 0.481. The monoisotopic (exact) mass is 568 g/mol. The molecule has 5 rings (SSSR count). The van der Waals surface area contributed by atoms with Crippen LogP contribution in [0.1, 0.15) is 42.5 Å². The molecule has 1 amide bonds. The van der Waals surface area contributed by atoms with E-state index in [-0.39, 0.29) is 30.0 Å². The van der Waals surface area contributed by atoms with Gasteiger partial charge in [-0.25, -0.2) is 4.98 Å². The number of carbonyl (C=O) groups is 2. The fraction of sp³-hybridized carbons (Fsp3) is 0.333. The number of benzene rings is 3. The number of carbonyl (C=O) groups excluding carboxylic acids is 2. The van der Waals surface area contributed by atoms with Gasteiger partial charge in [0.25, 0.3) is 11.5 Å². The number of ether oxygens (including phenoxy) is 2. The van der Waals surface area contributed by atoms with Gasteiger partial charge in [-0.2, -0.15) is 0 Å². The van der Waals surface area contributed by atoms with Gasteiger partial charge in [-0.15, -0.1) is 0 Å². The van der Waals surface area contributed by atoms with E-state index in [9.17, 15) is 14.4 Å². The lowest BCUT2D eigenvalue weighted by Gasteiger charge is -2.34. The van der Waals surface area contributed by atoms with Gasteiger partial charge < -0.3 is 14.4 Å². The number of aromatic nitrogens is 2. The molecule has 1 aliphatic heterocycles. The topological polar surface area (TPSA) is 94.0 Å². The van der Waals surface area contributed by atoms with E-state index in [0.717, 1.165) is 5.56 Å². The van der Waals surface area contributed by atoms with Gasteiger partial charge >= 0.3 is 0 Å². The lowest BCUT2D eigenvalue weighted by atomic mass is 10.1. The molecule has 2 heterocycles. The SMILES string of the molecule is CC(=O)c1ccc(OC(C)C)c(-n2c(CN3CCN(C(=O)COc4ccc(C)cc4)CC3)nc3ccccc3c2=O)c1. The van der Waals surface area contributed by atoms with Crippen molar-refractivity contribution in [2.45, 2.75) is 40.3 Å². The number of ketones is 1. The van der Waals surface area contributed by atoms with Crippen LogP contribution in [0.3, 0.4) is 0 Å². The van der Waals surface area contributed by atoms with Crippen molar-refractivity contribution in [3.05, 3.63) is 94.0 Å². The van der Waals surface area contributed by atoms with Gasteiger partial charge in [0.1, 0.15) is 17.3 Å². The molecule has 0 unspecified atom stereocenters. The van der Waals surface area contributed by atoms with E-state index in [0.29, 0.717) is 72.2 Å². The van der Waals surface area contributed by atoms with Crippen LogP contribution in [0.15, 0.2) is 71.5 Å². The number of Topliss-reactive ketones (excluding diaryl/α,β-unsaturated/α-hetero) is 1. The standard InChI is InChI=1S/C33H36N4O5/c1-22(2)42-30-14-11-25(24(4)38)19-29(30)37-31(34-28-8-6-5-7-27(28)33(37)40)20-35-15-17-36(18-16-35)32(39)21-41-26-12-9-23(3)10-13-26/h5-14,19,22H,15-18,20-21H2,1-4H3. The Labute approximate surface area is 245 Å². The quantitative estimate of drug-likeness (QED) is 0.276. The summed E-state index contributed by atoms with van der Waals surface area (Å²) in [5.41, 5.74) is 2.46. The van der Waals surface area contributed by atoms with E-state index in [4.69, 9.17) is 14.5 Å². The Balaban J connectivity index is 1.40. The van der Waals surface area contributed by atoms with Crippen LogP contribution < -0.4 is 15.0 Å². The first-order valence-electron chi connectivity index (χ1n) is 14.2. The Bertz CT molecular complexity index is 1650. The number of aryl methyl sites for hydroxylation is 1. The maximum Gasteiger partial charge on any atom is 0.266 e. The third-order valence-electron chi connectivity index (χ3n) is 7.29. The summed E-state index contributed by atoms with van der Waals surface area (Å²) in [6.07, 6.45) is -0.139. The molecule has 0 atom stereocenters. The highest BCUT2D eigenvalue weighted by Crippen LogP contribution is 2.27. The highest BCUT2D eigenvalue weighted by atomic mass is 16.5. The molecule has 0 aliphatic carbocycles. The van der Waals surface area contributed by atoms with Crippen molar-refractivity contribution in [3.8, 4) is 17.2 Å². The lowest BCUT2D eigenvalue weighted by molar-refractivity contribution is -0.135. The highest BCUT2D eigenvalue weighted by Gasteiger charge is 2.25. The zero-order chi connectivity index (χ0) is 29.8. The van der Waals surface area contributed by atoms with Crippen molar-refractivity contribution in [2.24, 2.45) is 0 Å². The molecule has 0 saturated carbocycles. The smallest absolute Gasteiger partial charge is 0.266 e. The molecule has 0 bridgehead atoms. The number of rotatable bonds is 9. The van der Waals surface area contributed by atoms with Gasteiger partial charge in [-0.3, -0.25) is 23.9 Å². The second-order valence-electron chi connectivity index (χ2n) is 10.8. The first kappa shape index (κ1) is 29.0. The largest absolute Gasteiger partial charge is 0.489 e. The molecule has 42 heavy (non-hydrogen) atoms. The highest BCUT2D eigenvalue weighted by molar-refractivity contribution is 5.95. The van der Waals surface area contributed by atoms with Crippen LogP contribution >= 0.6 is 0 Å². The summed E-state index contributed by atoms with van der Waals surface area (Å²) in [7, 11) is 0. The number of nitrogens with zero attached hydrogens (tertiary/aromatic N) is 4. The van der Waals surface area contributed by atoms with E-state index in [1.807, 2.05) is 63.2 Å². The molecule has 1 aliphatic rings. The normalized spacial score (nSPS) is 13.9. The van der Waals surface area contributed by atoms with E-state index in [1.165, 1.54) is 6.92 Å². The number of piperazine rings is 1. The minimum Gasteiger partial charge on any atom is -0.489 e. The molecule has 3 aromatic carbocycles. The number of fused-ring (bicyclic) bond motifs is 1. The summed E-state index contributed by atoms with van der Waals surface area (Å²) >= 11 is 0. The van der Waals surface area contributed by atoms with Gasteiger partial charge in [0.05, 0.1) is 29.2 Å². The predicted molar refractivity (Wildman–Crippen MR) is 162 cm³/mol. The Morgan fingerprint density at radius 3 is 2.36 bits per heavy atom. The summed E-state index contributed by atoms with van der Waals surface area (Å²) in [4.78, 5) is 48.0. The molecule has 9 heteroatoms. The summed E-state index contributed by atoms with van der Waals surface area (Å²) < 4.78 is 13.3. The second kappa shape index (κ2) is 12.6. The van der Waals surface area contributed by atoms with Crippen LogP contribution in [0.5, 0.6) is 11.5 Å². The number of amides is 1. The van der Waals surface area contributed by atoms with Gasteiger partial charge in [0.2, 0.25) is 0 Å². The maximum atomic E-state index is 14.0. The van der Waals surface area contributed by atoms with Crippen molar-refractivity contribution in [2.75, 3.05) is 32.8 Å². The maximum absolute atomic E-state index is 14.0. The average Bonchev–Trinajstić information content (AvgIpc) is 2.97. The van der Waals surface area contributed by atoms with E-state index in [2.05, 4.69) is 4.90 Å². The lowest BCUT2D eigenvalue weighted by Crippen LogP contribution is -2.50. The zero-order valence-electron chi connectivity index (χ0n) is 24.5. The fourth-order valence-electron chi connectivity index (χ4n) is 5.02. The van der Waals surface area contributed by atoms with Crippen LogP contribution in [0.2, 0.25) is 0 Å². The molecule has 218 valence electrons. The van der Waals surface area contributed by atoms with Crippen LogP contribution in [-0.2, 0) is 11.3 Å². The fourth-order valence-corrected chi connectivity index (χ4v) is 5.02. The van der Waals surface area contributed by atoms with E-state index >= 15 is 0 Å². The van der Waals surface area contributed by atoms with Crippen LogP contribution in [0, 0.1) is 6.92 Å². The Morgan fingerprint density at radius 2 is 1.67 bits per heavy atom. The third-order valence-corrected chi connectivity index (χ3v) is 7.29. The summed E-state index contributed by atoms with van der Waals surface area (Å²) in [6.45, 7) is 10.00. The minimum atomic E-state index is -0.230. The Kier molecular flexibility index (Phi) is 8.68. The molecule has 1 aromatic heterocycles. The van der Waals surface area contributed by atoms with Crippen molar-refractivity contribution >= 4 is 22.6 Å². The first-order chi connectivity index (χ1) is 20.2. The molecule has 4 aromatic rings.